The summed E-state index contributed by atoms with van der Waals surface area (Å²) in [5.41, 5.74) is 5.78. The molecule has 0 bridgehead atoms. The summed E-state index contributed by atoms with van der Waals surface area (Å²) in [4.78, 5) is 11.6. The van der Waals surface area contributed by atoms with Gasteiger partial charge in [0.1, 0.15) is 0 Å². The summed E-state index contributed by atoms with van der Waals surface area (Å²) >= 11 is 0. The van der Waals surface area contributed by atoms with E-state index in [-0.39, 0.29) is 17.9 Å². The first-order valence-electron chi connectivity index (χ1n) is 6.56. The van der Waals surface area contributed by atoms with E-state index in [4.69, 9.17) is 5.73 Å². The number of amides is 1. The van der Waals surface area contributed by atoms with Crippen LogP contribution in [0.25, 0.3) is 0 Å². The Labute approximate surface area is 100 Å². The maximum Gasteiger partial charge on any atom is 0.237 e. The van der Waals surface area contributed by atoms with Crippen LogP contribution in [0.4, 0.5) is 0 Å². The zero-order valence-electron chi connectivity index (χ0n) is 11.3. The summed E-state index contributed by atoms with van der Waals surface area (Å²) in [6.07, 6.45) is 4.78. The minimum atomic E-state index is -0.372. The van der Waals surface area contributed by atoms with Gasteiger partial charge in [0.05, 0.1) is 6.04 Å². The van der Waals surface area contributed by atoms with Gasteiger partial charge in [-0.1, -0.05) is 47.0 Å². The van der Waals surface area contributed by atoms with Crippen molar-refractivity contribution in [1.29, 1.82) is 0 Å². The summed E-state index contributed by atoms with van der Waals surface area (Å²) in [5.74, 6) is 0.795. The minimum Gasteiger partial charge on any atom is -0.354 e. The number of hydrogen-bond acceptors (Lipinski definition) is 2. The molecule has 3 nitrogen and oxygen atoms in total. The molecule has 0 aliphatic carbocycles. The first-order chi connectivity index (χ1) is 7.52. The van der Waals surface area contributed by atoms with E-state index in [9.17, 15) is 4.79 Å². The molecular weight excluding hydrogens is 200 g/mol. The van der Waals surface area contributed by atoms with Gasteiger partial charge >= 0.3 is 0 Å². The summed E-state index contributed by atoms with van der Waals surface area (Å²) in [5, 5.41) is 2.96. The number of nitrogens with two attached hydrogens (primary N) is 1. The van der Waals surface area contributed by atoms with Crippen LogP contribution in [0, 0.1) is 11.8 Å². The van der Waals surface area contributed by atoms with Gasteiger partial charge in [0.15, 0.2) is 0 Å². The first-order valence-corrected chi connectivity index (χ1v) is 6.56. The van der Waals surface area contributed by atoms with Crippen LogP contribution in [-0.2, 0) is 4.79 Å². The molecule has 0 saturated heterocycles. The highest BCUT2D eigenvalue weighted by Crippen LogP contribution is 2.11. The molecule has 3 N–H and O–H groups in total. The molecule has 0 rings (SSSR count). The number of unbranched alkanes of at least 4 members (excludes halogenated alkanes) is 1. The van der Waals surface area contributed by atoms with E-state index in [1.165, 1.54) is 19.3 Å². The Morgan fingerprint density at radius 1 is 1.31 bits per heavy atom. The monoisotopic (exact) mass is 228 g/mol. The molecule has 16 heavy (non-hydrogen) atoms. The smallest absolute Gasteiger partial charge is 0.237 e. The van der Waals surface area contributed by atoms with E-state index in [0.717, 1.165) is 13.0 Å². The Kier molecular flexibility index (Phi) is 8.26. The second kappa shape index (κ2) is 8.57. The Morgan fingerprint density at radius 2 is 1.94 bits per heavy atom. The molecule has 0 fully saturated rings. The summed E-state index contributed by atoms with van der Waals surface area (Å²) in [6, 6.07) is -0.372. The minimum absolute atomic E-state index is 0.00931. The lowest BCUT2D eigenvalue weighted by Crippen LogP contribution is -2.45. The van der Waals surface area contributed by atoms with Crippen LogP contribution in [0.3, 0.4) is 0 Å². The van der Waals surface area contributed by atoms with Crippen LogP contribution >= 0.6 is 0 Å². The lowest BCUT2D eigenvalue weighted by atomic mass is 9.98. The van der Waals surface area contributed by atoms with Crippen molar-refractivity contribution in [2.75, 3.05) is 6.54 Å². The molecule has 0 saturated carbocycles. The van der Waals surface area contributed by atoms with Crippen molar-refractivity contribution in [2.24, 2.45) is 17.6 Å². The molecule has 96 valence electrons. The van der Waals surface area contributed by atoms with Gasteiger partial charge in [-0.2, -0.15) is 0 Å². The highest BCUT2D eigenvalue weighted by atomic mass is 16.2. The predicted molar refractivity (Wildman–Crippen MR) is 69.1 cm³/mol. The van der Waals surface area contributed by atoms with Crippen molar-refractivity contribution in [3.8, 4) is 0 Å². The van der Waals surface area contributed by atoms with Crippen molar-refractivity contribution < 1.29 is 4.79 Å². The maximum absolute atomic E-state index is 11.6. The largest absolute Gasteiger partial charge is 0.354 e. The molecule has 2 atom stereocenters. The van der Waals surface area contributed by atoms with Gasteiger partial charge in [0.25, 0.3) is 0 Å². The molecule has 0 aliphatic heterocycles. The van der Waals surface area contributed by atoms with E-state index in [0.29, 0.717) is 5.92 Å². The Balaban J connectivity index is 3.87. The molecule has 3 heteroatoms. The molecule has 1 amide bonds. The van der Waals surface area contributed by atoms with Crippen LogP contribution in [0.2, 0.25) is 0 Å². The van der Waals surface area contributed by atoms with E-state index in [1.807, 2.05) is 13.8 Å². The number of rotatable bonds is 8. The van der Waals surface area contributed by atoms with Crippen molar-refractivity contribution in [1.82, 2.24) is 5.32 Å². The fourth-order valence-corrected chi connectivity index (χ4v) is 1.61. The zero-order valence-corrected chi connectivity index (χ0v) is 11.3. The highest BCUT2D eigenvalue weighted by Gasteiger charge is 2.17. The van der Waals surface area contributed by atoms with Crippen LogP contribution in [-0.4, -0.2) is 18.5 Å². The van der Waals surface area contributed by atoms with Gasteiger partial charge in [-0.15, -0.1) is 0 Å². The number of carbonyl (C=O) groups excluding carboxylic acids is 1. The van der Waals surface area contributed by atoms with Crippen molar-refractivity contribution in [3.05, 3.63) is 0 Å². The third-order valence-electron chi connectivity index (χ3n) is 3.13. The topological polar surface area (TPSA) is 55.1 Å². The van der Waals surface area contributed by atoms with Gasteiger partial charge in [-0.25, -0.2) is 0 Å². The summed E-state index contributed by atoms with van der Waals surface area (Å²) in [7, 11) is 0. The lowest BCUT2D eigenvalue weighted by molar-refractivity contribution is -0.123. The van der Waals surface area contributed by atoms with Crippen LogP contribution in [0.15, 0.2) is 0 Å². The molecule has 0 aliphatic rings. The molecule has 0 spiro atoms. The molecular formula is C13H28N2O. The van der Waals surface area contributed by atoms with E-state index in [1.54, 1.807) is 0 Å². The highest BCUT2D eigenvalue weighted by molar-refractivity contribution is 5.81. The first kappa shape index (κ1) is 15.4. The average molecular weight is 228 g/mol. The Bertz CT molecular complexity index is 192. The number of carbonyl (C=O) groups is 1. The molecule has 0 radical (unpaired) electrons. The number of nitrogens with one attached hydrogen (secondary N) is 1. The molecule has 0 aromatic rings. The van der Waals surface area contributed by atoms with Gasteiger partial charge in [-0.3, -0.25) is 4.79 Å². The van der Waals surface area contributed by atoms with Crippen molar-refractivity contribution >= 4 is 5.91 Å². The van der Waals surface area contributed by atoms with E-state index < -0.39 is 0 Å². The zero-order chi connectivity index (χ0) is 12.6. The Morgan fingerprint density at radius 3 is 2.38 bits per heavy atom. The second-order valence-electron chi connectivity index (χ2n) is 4.93. The summed E-state index contributed by atoms with van der Waals surface area (Å²) in [6.45, 7) is 9.09. The maximum atomic E-state index is 11.6. The summed E-state index contributed by atoms with van der Waals surface area (Å²) < 4.78 is 0. The number of hydrogen-bond donors (Lipinski definition) is 2. The standard InChI is InChI=1S/C13H28N2O/c1-5-7-8-11(6-2)9-15-13(16)12(14)10(3)4/h10-12H,5-9,14H2,1-4H3,(H,15,16)/t11?,12-/m0/s1. The van der Waals surface area contributed by atoms with Crippen LogP contribution in [0.5, 0.6) is 0 Å². The lowest BCUT2D eigenvalue weighted by Gasteiger charge is -2.19. The Hall–Kier alpha value is -0.570. The average Bonchev–Trinajstić information content (AvgIpc) is 2.27. The van der Waals surface area contributed by atoms with E-state index >= 15 is 0 Å². The van der Waals surface area contributed by atoms with E-state index in [2.05, 4.69) is 19.2 Å². The fraction of sp³-hybridized carbons (Fsp3) is 0.923. The van der Waals surface area contributed by atoms with Crippen LogP contribution < -0.4 is 11.1 Å². The second-order valence-corrected chi connectivity index (χ2v) is 4.93. The molecule has 0 heterocycles. The third-order valence-corrected chi connectivity index (χ3v) is 3.13. The predicted octanol–water partition coefficient (Wildman–Crippen LogP) is 2.30. The normalized spacial score (nSPS) is 14.9. The SMILES string of the molecule is CCCCC(CC)CNC(=O)[C@@H](N)C(C)C. The molecule has 0 aromatic carbocycles. The quantitative estimate of drug-likeness (QED) is 0.670. The van der Waals surface area contributed by atoms with Gasteiger partial charge in [-0.05, 0) is 18.3 Å². The van der Waals surface area contributed by atoms with Crippen LogP contribution in [0.1, 0.15) is 53.4 Å². The van der Waals surface area contributed by atoms with Gasteiger partial charge in [0, 0.05) is 6.54 Å². The van der Waals surface area contributed by atoms with Crippen molar-refractivity contribution in [3.63, 3.8) is 0 Å². The fourth-order valence-electron chi connectivity index (χ4n) is 1.61. The molecule has 1 unspecified atom stereocenters. The van der Waals surface area contributed by atoms with Gasteiger partial charge in [0.2, 0.25) is 5.91 Å². The molecule has 0 aromatic heterocycles. The van der Waals surface area contributed by atoms with Gasteiger partial charge < -0.3 is 11.1 Å². The third kappa shape index (κ3) is 6.11. The van der Waals surface area contributed by atoms with Crippen molar-refractivity contribution in [2.45, 2.75) is 59.4 Å².